The van der Waals surface area contributed by atoms with E-state index >= 15 is 0 Å². The van der Waals surface area contributed by atoms with Crippen LogP contribution in [0, 0.1) is 5.82 Å². The molecule has 0 fully saturated rings. The molecule has 2 rings (SSSR count). The fourth-order valence-electron chi connectivity index (χ4n) is 1.54. The van der Waals surface area contributed by atoms with Gasteiger partial charge in [-0.15, -0.1) is 0 Å². The number of carbonyl (C=O) groups is 1. The Kier molecular flexibility index (Phi) is 3.55. The maximum Gasteiger partial charge on any atom is 0.258 e. The first-order chi connectivity index (χ1) is 9.25. The summed E-state index contributed by atoms with van der Waals surface area (Å²) >= 11 is 0. The number of nitrogens with zero attached hydrogens (tertiary/aromatic N) is 2. The van der Waals surface area contributed by atoms with Gasteiger partial charge < -0.3 is 5.32 Å². The molecule has 0 radical (unpaired) electrons. The van der Waals surface area contributed by atoms with E-state index in [-0.39, 0.29) is 11.3 Å². The molecule has 0 unspecified atom stereocenters. The Bertz CT molecular complexity index is 770. The van der Waals surface area contributed by atoms with Crippen LogP contribution in [0.5, 0.6) is 0 Å². The molecule has 1 amide bonds. The number of nitrogens with two attached hydrogens (primary N) is 1. The van der Waals surface area contributed by atoms with E-state index in [0.717, 1.165) is 18.2 Å². The van der Waals surface area contributed by atoms with Gasteiger partial charge in [0.15, 0.2) is 0 Å². The second kappa shape index (κ2) is 5.02. The summed E-state index contributed by atoms with van der Waals surface area (Å²) in [5.74, 6) is -1.36. The number of nitrogens with one attached hydrogen (secondary N) is 1. The van der Waals surface area contributed by atoms with Crippen molar-refractivity contribution in [1.82, 2.24) is 9.78 Å². The number of anilines is 1. The van der Waals surface area contributed by atoms with Crippen LogP contribution in [-0.2, 0) is 17.1 Å². The summed E-state index contributed by atoms with van der Waals surface area (Å²) in [5, 5.41) is 11.1. The van der Waals surface area contributed by atoms with Gasteiger partial charge in [0.05, 0.1) is 16.7 Å². The third-order valence-corrected chi connectivity index (χ3v) is 3.32. The highest BCUT2D eigenvalue weighted by Crippen LogP contribution is 2.18. The molecule has 0 aliphatic heterocycles. The zero-order chi connectivity index (χ0) is 14.9. The first-order valence-corrected chi connectivity index (χ1v) is 6.94. The highest BCUT2D eigenvalue weighted by Gasteiger charge is 2.13. The molecule has 0 atom stereocenters. The molecular weight excluding hydrogens is 287 g/mol. The number of sulfonamides is 1. The summed E-state index contributed by atoms with van der Waals surface area (Å²) in [6, 6.07) is 2.84. The van der Waals surface area contributed by atoms with Crippen LogP contribution in [-0.4, -0.2) is 24.1 Å². The minimum absolute atomic E-state index is 0.0112. The van der Waals surface area contributed by atoms with Crippen LogP contribution in [0.4, 0.5) is 10.1 Å². The van der Waals surface area contributed by atoms with E-state index in [1.165, 1.54) is 17.1 Å². The van der Waals surface area contributed by atoms with Gasteiger partial charge in [0.1, 0.15) is 5.82 Å². The summed E-state index contributed by atoms with van der Waals surface area (Å²) in [6.45, 7) is 0. The molecule has 3 N–H and O–H groups in total. The highest BCUT2D eigenvalue weighted by molar-refractivity contribution is 7.89. The van der Waals surface area contributed by atoms with E-state index in [0.29, 0.717) is 0 Å². The number of rotatable bonds is 3. The van der Waals surface area contributed by atoms with E-state index in [1.807, 2.05) is 0 Å². The average molecular weight is 298 g/mol. The zero-order valence-electron chi connectivity index (χ0n) is 10.4. The second-order valence-electron chi connectivity index (χ2n) is 4.08. The van der Waals surface area contributed by atoms with Gasteiger partial charge in [0, 0.05) is 18.9 Å². The number of aromatic nitrogens is 2. The van der Waals surface area contributed by atoms with Crippen molar-refractivity contribution in [3.05, 3.63) is 42.0 Å². The average Bonchev–Trinajstić information content (AvgIpc) is 2.74. The number of hydrogen-bond acceptors (Lipinski definition) is 4. The van der Waals surface area contributed by atoms with Crippen molar-refractivity contribution in [3.63, 3.8) is 0 Å². The third-order valence-electron chi connectivity index (χ3n) is 2.42. The summed E-state index contributed by atoms with van der Waals surface area (Å²) in [7, 11) is -2.41. The molecule has 1 heterocycles. The molecule has 7 nitrogen and oxygen atoms in total. The van der Waals surface area contributed by atoms with Gasteiger partial charge in [0.25, 0.3) is 5.91 Å². The minimum atomic E-state index is -4.05. The summed E-state index contributed by atoms with van der Waals surface area (Å²) in [5.41, 5.74) is 0.247. The fourth-order valence-corrected chi connectivity index (χ4v) is 2.11. The normalized spacial score (nSPS) is 11.3. The van der Waals surface area contributed by atoms with E-state index in [4.69, 9.17) is 5.14 Å². The molecule has 0 spiro atoms. The first kappa shape index (κ1) is 14.2. The second-order valence-corrected chi connectivity index (χ2v) is 5.64. The van der Waals surface area contributed by atoms with Crippen molar-refractivity contribution >= 4 is 21.6 Å². The topological polar surface area (TPSA) is 107 Å². The molecule has 0 bridgehead atoms. The van der Waals surface area contributed by atoms with Crippen LogP contribution in [0.3, 0.4) is 0 Å². The molecule has 2 aromatic rings. The Labute approximate surface area is 114 Å². The van der Waals surface area contributed by atoms with Gasteiger partial charge in [-0.3, -0.25) is 9.48 Å². The standard InChI is InChI=1S/C11H11FN4O3S/c1-16-6-7(5-14-16)11(17)15-9-2-8(12)3-10(4-9)20(13,18)19/h2-6H,1H3,(H,15,17)(H2,13,18,19). The molecular formula is C11H11FN4O3S. The Morgan fingerprint density at radius 3 is 2.65 bits per heavy atom. The molecule has 0 saturated carbocycles. The van der Waals surface area contributed by atoms with Crippen LogP contribution < -0.4 is 10.5 Å². The molecule has 106 valence electrons. The lowest BCUT2D eigenvalue weighted by Gasteiger charge is -2.06. The van der Waals surface area contributed by atoms with Gasteiger partial charge in [-0.05, 0) is 18.2 Å². The fraction of sp³-hybridized carbons (Fsp3) is 0.0909. The van der Waals surface area contributed by atoms with Gasteiger partial charge in [-0.25, -0.2) is 17.9 Å². The third kappa shape index (κ3) is 3.19. The van der Waals surface area contributed by atoms with Crippen molar-refractivity contribution < 1.29 is 17.6 Å². The summed E-state index contributed by atoms with van der Waals surface area (Å²) in [6.07, 6.45) is 2.80. The van der Waals surface area contributed by atoms with Crippen LogP contribution in [0.1, 0.15) is 10.4 Å². The number of halogens is 1. The van der Waals surface area contributed by atoms with Crippen LogP contribution in [0.25, 0.3) is 0 Å². The quantitative estimate of drug-likeness (QED) is 0.858. The van der Waals surface area contributed by atoms with Crippen molar-refractivity contribution in [2.24, 2.45) is 12.2 Å². The SMILES string of the molecule is Cn1cc(C(=O)Nc2cc(F)cc(S(N)(=O)=O)c2)cn1. The van der Waals surface area contributed by atoms with Gasteiger partial charge in [0.2, 0.25) is 10.0 Å². The van der Waals surface area contributed by atoms with E-state index in [2.05, 4.69) is 10.4 Å². The Morgan fingerprint density at radius 2 is 2.10 bits per heavy atom. The van der Waals surface area contributed by atoms with E-state index in [1.54, 1.807) is 7.05 Å². The van der Waals surface area contributed by atoms with Gasteiger partial charge in [-0.2, -0.15) is 5.10 Å². The lowest BCUT2D eigenvalue weighted by Crippen LogP contribution is -2.15. The minimum Gasteiger partial charge on any atom is -0.322 e. The number of benzene rings is 1. The smallest absolute Gasteiger partial charge is 0.258 e. The highest BCUT2D eigenvalue weighted by atomic mass is 32.2. The predicted molar refractivity (Wildman–Crippen MR) is 68.9 cm³/mol. The Morgan fingerprint density at radius 1 is 1.40 bits per heavy atom. The van der Waals surface area contributed by atoms with E-state index in [9.17, 15) is 17.6 Å². The Hall–Kier alpha value is -2.26. The number of aryl methyl sites for hydroxylation is 1. The molecule has 1 aromatic heterocycles. The van der Waals surface area contributed by atoms with Crippen molar-refractivity contribution in [2.45, 2.75) is 4.90 Å². The molecule has 0 aliphatic rings. The lowest BCUT2D eigenvalue weighted by molar-refractivity contribution is 0.102. The molecule has 9 heteroatoms. The largest absolute Gasteiger partial charge is 0.322 e. The number of primary sulfonamides is 1. The zero-order valence-corrected chi connectivity index (χ0v) is 11.2. The molecule has 0 aliphatic carbocycles. The van der Waals surface area contributed by atoms with Crippen LogP contribution in [0.15, 0.2) is 35.5 Å². The maximum atomic E-state index is 13.3. The monoisotopic (exact) mass is 298 g/mol. The molecule has 1 aromatic carbocycles. The summed E-state index contributed by atoms with van der Waals surface area (Å²) in [4.78, 5) is 11.4. The van der Waals surface area contributed by atoms with Gasteiger partial charge in [-0.1, -0.05) is 0 Å². The van der Waals surface area contributed by atoms with E-state index < -0.39 is 26.6 Å². The first-order valence-electron chi connectivity index (χ1n) is 5.39. The van der Waals surface area contributed by atoms with Crippen LogP contribution >= 0.6 is 0 Å². The number of amides is 1. The summed E-state index contributed by atoms with van der Waals surface area (Å²) < 4.78 is 37.1. The lowest BCUT2D eigenvalue weighted by atomic mass is 10.3. The van der Waals surface area contributed by atoms with Crippen molar-refractivity contribution in [1.29, 1.82) is 0 Å². The Balaban J connectivity index is 2.30. The number of carbonyl (C=O) groups excluding carboxylic acids is 1. The predicted octanol–water partition coefficient (Wildman–Crippen LogP) is 0.459. The molecule has 20 heavy (non-hydrogen) atoms. The van der Waals surface area contributed by atoms with Crippen LogP contribution in [0.2, 0.25) is 0 Å². The van der Waals surface area contributed by atoms with Gasteiger partial charge >= 0.3 is 0 Å². The maximum absolute atomic E-state index is 13.3. The number of hydrogen-bond donors (Lipinski definition) is 2. The molecule has 0 saturated heterocycles. The van der Waals surface area contributed by atoms with Crippen molar-refractivity contribution in [2.75, 3.05) is 5.32 Å². The van der Waals surface area contributed by atoms with Crippen molar-refractivity contribution in [3.8, 4) is 0 Å².